The summed E-state index contributed by atoms with van der Waals surface area (Å²) in [6.07, 6.45) is 3.33. The zero-order valence-electron chi connectivity index (χ0n) is 20.5. The number of hydrogen-bond acceptors (Lipinski definition) is 7. The van der Waals surface area contributed by atoms with E-state index in [1.807, 2.05) is 25.7 Å². The molecule has 1 aliphatic carbocycles. The van der Waals surface area contributed by atoms with Gasteiger partial charge < -0.3 is 14.5 Å². The van der Waals surface area contributed by atoms with E-state index in [1.165, 1.54) is 4.31 Å². The lowest BCUT2D eigenvalue weighted by Gasteiger charge is -2.41. The molecule has 0 spiro atoms. The number of sulfonamides is 1. The first-order valence-corrected chi connectivity index (χ1v) is 13.6. The number of aryl methyl sites for hydroxylation is 1. The van der Waals surface area contributed by atoms with Gasteiger partial charge in [0, 0.05) is 31.2 Å². The Bertz CT molecular complexity index is 1060. The van der Waals surface area contributed by atoms with Crippen LogP contribution in [0.3, 0.4) is 0 Å². The van der Waals surface area contributed by atoms with Crippen LogP contribution in [-0.2, 0) is 19.6 Å². The number of amides is 1. The molecule has 0 bridgehead atoms. The number of nitrogens with zero attached hydrogens (tertiary/aromatic N) is 5. The van der Waals surface area contributed by atoms with Gasteiger partial charge in [-0.05, 0) is 65.0 Å². The lowest BCUT2D eigenvalue weighted by molar-refractivity contribution is -0.135. The molecule has 1 aromatic rings. The van der Waals surface area contributed by atoms with Gasteiger partial charge in [0.25, 0.3) is 0 Å². The molecule has 0 radical (unpaired) electrons. The van der Waals surface area contributed by atoms with Gasteiger partial charge in [-0.2, -0.15) is 9.57 Å². The second kappa shape index (κ2) is 9.80. The van der Waals surface area contributed by atoms with Crippen LogP contribution >= 0.6 is 0 Å². The van der Waals surface area contributed by atoms with Gasteiger partial charge in [-0.3, -0.25) is 4.79 Å². The summed E-state index contributed by atoms with van der Waals surface area (Å²) in [5, 5.41) is 9.22. The Kier molecular flexibility index (Phi) is 7.17. The van der Waals surface area contributed by atoms with Gasteiger partial charge in [-0.25, -0.2) is 13.4 Å². The number of ether oxygens (including phenoxy) is 1. The summed E-state index contributed by atoms with van der Waals surface area (Å²) in [5.41, 5.74) is 0.738. The molecule has 2 aliphatic heterocycles. The molecule has 3 heterocycles. The molecule has 1 aromatic heterocycles. The van der Waals surface area contributed by atoms with Gasteiger partial charge in [0.1, 0.15) is 16.8 Å². The highest BCUT2D eigenvalue weighted by Gasteiger charge is 2.44. The van der Waals surface area contributed by atoms with Crippen LogP contribution in [0.4, 0.5) is 5.82 Å². The minimum absolute atomic E-state index is 0.0195. The van der Waals surface area contributed by atoms with Crippen molar-refractivity contribution in [1.29, 1.82) is 5.26 Å². The molecule has 0 N–H and O–H groups in total. The average molecular weight is 490 g/mol. The maximum Gasteiger partial charge on any atom is 0.247 e. The number of rotatable bonds is 5. The molecule has 5 atom stereocenters. The van der Waals surface area contributed by atoms with Gasteiger partial charge in [0.05, 0.1) is 31.4 Å². The van der Waals surface area contributed by atoms with Crippen LogP contribution in [0.1, 0.15) is 51.6 Å². The summed E-state index contributed by atoms with van der Waals surface area (Å²) in [7, 11) is -2.22. The number of morpholine rings is 1. The fourth-order valence-corrected chi connectivity index (χ4v) is 7.36. The average Bonchev–Trinajstić information content (AvgIpc) is 3.48. The van der Waals surface area contributed by atoms with Crippen LogP contribution in [0.5, 0.6) is 0 Å². The third-order valence-corrected chi connectivity index (χ3v) is 9.38. The number of hydrogen-bond donors (Lipinski definition) is 0. The van der Waals surface area contributed by atoms with E-state index in [2.05, 4.69) is 11.1 Å². The predicted molar refractivity (Wildman–Crippen MR) is 128 cm³/mol. The van der Waals surface area contributed by atoms with Crippen molar-refractivity contribution in [1.82, 2.24) is 14.2 Å². The van der Waals surface area contributed by atoms with E-state index >= 15 is 0 Å². The summed E-state index contributed by atoms with van der Waals surface area (Å²) >= 11 is 0. The highest BCUT2D eigenvalue weighted by atomic mass is 32.2. The number of pyridine rings is 1. The molecule has 3 aliphatic rings. The third kappa shape index (κ3) is 4.53. The quantitative estimate of drug-likeness (QED) is 0.625. The highest BCUT2D eigenvalue weighted by molar-refractivity contribution is 7.89. The maximum absolute atomic E-state index is 14.0. The second-order valence-corrected chi connectivity index (χ2v) is 11.8. The Morgan fingerprint density at radius 3 is 2.56 bits per heavy atom. The second-order valence-electron chi connectivity index (χ2n) is 9.93. The number of carbonyl (C=O) groups is 1. The van der Waals surface area contributed by atoms with Gasteiger partial charge in [-0.1, -0.05) is 0 Å². The molecular formula is C24H35N5O4S. The third-order valence-electron chi connectivity index (χ3n) is 7.45. The first-order valence-electron chi connectivity index (χ1n) is 12.2. The standard InChI is InChI=1S/C24H35N5O4S/c1-16-7-10-22(23(26-16)29-17(2)14-33-15-18(29)3)34(31,32)28-11-5-6-21(28)24(30)27(4)20-9-8-19(12-20)13-25/h7,10,17-21H,5-6,8-9,11-12,14-15H2,1-4H3/t17-,18-,19-,20+,21-/m0/s1. The summed E-state index contributed by atoms with van der Waals surface area (Å²) in [6, 6.07) is 4.84. The zero-order chi connectivity index (χ0) is 24.6. The molecule has 4 rings (SSSR count). The first kappa shape index (κ1) is 24.9. The van der Waals surface area contributed by atoms with E-state index in [0.29, 0.717) is 44.8 Å². The predicted octanol–water partition coefficient (Wildman–Crippen LogP) is 2.31. The Morgan fingerprint density at radius 1 is 1.21 bits per heavy atom. The Morgan fingerprint density at radius 2 is 1.91 bits per heavy atom. The van der Waals surface area contributed by atoms with E-state index in [9.17, 15) is 18.5 Å². The Balaban J connectivity index is 1.64. The molecule has 2 saturated heterocycles. The summed E-state index contributed by atoms with van der Waals surface area (Å²) < 4.78 is 35.0. The van der Waals surface area contributed by atoms with Crippen molar-refractivity contribution in [3.8, 4) is 6.07 Å². The van der Waals surface area contributed by atoms with E-state index in [-0.39, 0.29) is 34.8 Å². The molecule has 186 valence electrons. The smallest absolute Gasteiger partial charge is 0.247 e. The number of likely N-dealkylation sites (N-methyl/N-ethyl adjacent to an activating group) is 1. The van der Waals surface area contributed by atoms with Crippen molar-refractivity contribution in [2.75, 3.05) is 31.7 Å². The number of nitriles is 1. The molecule has 0 unspecified atom stereocenters. The molecule has 34 heavy (non-hydrogen) atoms. The maximum atomic E-state index is 14.0. The Labute approximate surface area is 202 Å². The van der Waals surface area contributed by atoms with Crippen LogP contribution in [0.2, 0.25) is 0 Å². The largest absolute Gasteiger partial charge is 0.377 e. The lowest BCUT2D eigenvalue weighted by atomic mass is 10.1. The molecule has 10 heteroatoms. The summed E-state index contributed by atoms with van der Waals surface area (Å²) in [4.78, 5) is 22.0. The van der Waals surface area contributed by atoms with Crippen LogP contribution in [0.25, 0.3) is 0 Å². The van der Waals surface area contributed by atoms with Crippen molar-refractivity contribution in [3.05, 3.63) is 17.8 Å². The van der Waals surface area contributed by atoms with Crippen LogP contribution < -0.4 is 4.90 Å². The van der Waals surface area contributed by atoms with Gasteiger partial charge >= 0.3 is 0 Å². The van der Waals surface area contributed by atoms with Crippen molar-refractivity contribution in [3.63, 3.8) is 0 Å². The van der Waals surface area contributed by atoms with Gasteiger partial charge in [0.2, 0.25) is 15.9 Å². The molecule has 0 aromatic carbocycles. The van der Waals surface area contributed by atoms with E-state index in [1.54, 1.807) is 24.1 Å². The fourth-order valence-electron chi connectivity index (χ4n) is 5.58. The highest BCUT2D eigenvalue weighted by Crippen LogP contribution is 2.35. The minimum Gasteiger partial charge on any atom is -0.377 e. The number of anilines is 1. The summed E-state index contributed by atoms with van der Waals surface area (Å²) in [5.74, 6) is 0.212. The monoisotopic (exact) mass is 489 g/mol. The van der Waals surface area contributed by atoms with Crippen LogP contribution in [0.15, 0.2) is 17.0 Å². The lowest BCUT2D eigenvalue weighted by Crippen LogP contribution is -2.52. The molecule has 9 nitrogen and oxygen atoms in total. The van der Waals surface area contributed by atoms with Crippen molar-refractivity contribution in [2.24, 2.45) is 5.92 Å². The number of aromatic nitrogens is 1. The molecular weight excluding hydrogens is 454 g/mol. The number of carbonyl (C=O) groups excluding carboxylic acids is 1. The van der Waals surface area contributed by atoms with Crippen molar-refractivity contribution in [2.45, 2.75) is 81.9 Å². The van der Waals surface area contributed by atoms with Crippen LogP contribution in [-0.4, -0.2) is 79.5 Å². The van der Waals surface area contributed by atoms with Crippen LogP contribution in [0, 0.1) is 24.2 Å². The zero-order valence-corrected chi connectivity index (χ0v) is 21.3. The Hall–Kier alpha value is -2.22. The van der Waals surface area contributed by atoms with Gasteiger partial charge in [0.15, 0.2) is 0 Å². The van der Waals surface area contributed by atoms with E-state index in [0.717, 1.165) is 18.5 Å². The normalized spacial score (nSPS) is 30.3. The van der Waals surface area contributed by atoms with Crippen molar-refractivity contribution >= 4 is 21.7 Å². The topological polar surface area (TPSA) is 107 Å². The fraction of sp³-hybridized carbons (Fsp3) is 0.708. The SMILES string of the molecule is Cc1ccc(S(=O)(=O)N2CCC[C@H]2C(=O)N(C)[C@@H]2CC[C@H](C#N)C2)c(N2[C@@H](C)COC[C@@H]2C)n1. The minimum atomic E-state index is -3.96. The van der Waals surface area contributed by atoms with E-state index in [4.69, 9.17) is 4.74 Å². The van der Waals surface area contributed by atoms with Gasteiger partial charge in [-0.15, -0.1) is 0 Å². The first-order chi connectivity index (χ1) is 16.1. The van der Waals surface area contributed by atoms with Crippen molar-refractivity contribution < 1.29 is 17.9 Å². The summed E-state index contributed by atoms with van der Waals surface area (Å²) in [6.45, 7) is 7.16. The molecule has 3 fully saturated rings. The molecule has 1 amide bonds. The molecule has 1 saturated carbocycles. The van der Waals surface area contributed by atoms with E-state index < -0.39 is 16.1 Å².